The van der Waals surface area contributed by atoms with Crippen LogP contribution in [0.4, 0.5) is 0 Å². The van der Waals surface area contributed by atoms with Gasteiger partial charge in [0.1, 0.15) is 11.5 Å². The first-order chi connectivity index (χ1) is 10.3. The maximum Gasteiger partial charge on any atom is 0.130 e. The Balaban J connectivity index is 2.23. The minimum Gasteiger partial charge on any atom is -0.496 e. The summed E-state index contributed by atoms with van der Waals surface area (Å²) in [5.41, 5.74) is 3.79. The van der Waals surface area contributed by atoms with E-state index in [-0.39, 0.29) is 0 Å². The lowest BCUT2D eigenvalue weighted by molar-refractivity contribution is 0.175. The summed E-state index contributed by atoms with van der Waals surface area (Å²) >= 11 is 0. The highest BCUT2D eigenvalue weighted by Crippen LogP contribution is 2.45. The second kappa shape index (κ2) is 5.62. The van der Waals surface area contributed by atoms with Crippen LogP contribution in [-0.4, -0.2) is 19.3 Å². The molecule has 1 aliphatic carbocycles. The molecule has 0 aromatic heterocycles. The maximum absolute atomic E-state index is 10.5. The van der Waals surface area contributed by atoms with Gasteiger partial charge in [-0.05, 0) is 11.6 Å². The second-order valence-electron chi connectivity index (χ2n) is 5.02. The minimum atomic E-state index is -0.592. The number of hydrogen-bond acceptors (Lipinski definition) is 3. The lowest BCUT2D eigenvalue weighted by Crippen LogP contribution is -2.12. The molecule has 0 saturated heterocycles. The number of hydrogen-bond donors (Lipinski definition) is 1. The number of benzene rings is 2. The number of aliphatic hydroxyl groups excluding tert-OH is 1. The molecule has 3 heteroatoms. The van der Waals surface area contributed by atoms with Crippen molar-refractivity contribution < 1.29 is 14.6 Å². The highest BCUT2D eigenvalue weighted by Gasteiger charge is 2.29. The normalized spacial score (nSPS) is 17.4. The van der Waals surface area contributed by atoms with Crippen molar-refractivity contribution in [2.75, 3.05) is 14.2 Å². The fourth-order valence-corrected chi connectivity index (χ4v) is 2.94. The van der Waals surface area contributed by atoms with E-state index in [4.69, 9.17) is 9.47 Å². The van der Waals surface area contributed by atoms with Gasteiger partial charge in [-0.1, -0.05) is 42.5 Å². The topological polar surface area (TPSA) is 38.7 Å². The van der Waals surface area contributed by atoms with Crippen LogP contribution >= 0.6 is 0 Å². The van der Waals surface area contributed by atoms with Crippen LogP contribution < -0.4 is 4.74 Å². The van der Waals surface area contributed by atoms with Gasteiger partial charge in [-0.25, -0.2) is 0 Å². The quantitative estimate of drug-likeness (QED) is 0.934. The molecular formula is C18H18O3. The van der Waals surface area contributed by atoms with E-state index in [1.165, 1.54) is 0 Å². The van der Waals surface area contributed by atoms with E-state index >= 15 is 0 Å². The predicted octanol–water partition coefficient (Wildman–Crippen LogP) is 3.65. The van der Waals surface area contributed by atoms with Crippen LogP contribution in [0.3, 0.4) is 0 Å². The Morgan fingerprint density at radius 3 is 2.38 bits per heavy atom. The standard InChI is InChI=1S/C18H18O3/c1-20-16-10-6-9-13-17(16)15(19)11-14(18(13)21-2)12-7-4-3-5-8-12/h3-10,15,19H,11H2,1-2H3. The second-order valence-corrected chi connectivity index (χ2v) is 5.02. The zero-order chi connectivity index (χ0) is 14.8. The van der Waals surface area contributed by atoms with E-state index in [0.717, 1.165) is 28.0 Å². The molecule has 0 radical (unpaired) electrons. The van der Waals surface area contributed by atoms with Crippen molar-refractivity contribution in [3.8, 4) is 5.75 Å². The molecule has 0 aliphatic heterocycles. The van der Waals surface area contributed by atoms with Crippen molar-refractivity contribution in [1.29, 1.82) is 0 Å². The highest BCUT2D eigenvalue weighted by atomic mass is 16.5. The summed E-state index contributed by atoms with van der Waals surface area (Å²) in [4.78, 5) is 0. The Bertz CT molecular complexity index is 674. The van der Waals surface area contributed by atoms with E-state index in [2.05, 4.69) is 0 Å². The predicted molar refractivity (Wildman–Crippen MR) is 82.8 cm³/mol. The van der Waals surface area contributed by atoms with E-state index in [1.807, 2.05) is 48.5 Å². The van der Waals surface area contributed by atoms with Gasteiger partial charge in [0.2, 0.25) is 0 Å². The molecule has 0 amide bonds. The molecule has 0 fully saturated rings. The first-order valence-corrected chi connectivity index (χ1v) is 6.94. The summed E-state index contributed by atoms with van der Waals surface area (Å²) in [5.74, 6) is 1.50. The molecule has 2 aromatic rings. The van der Waals surface area contributed by atoms with Gasteiger partial charge < -0.3 is 14.6 Å². The highest BCUT2D eigenvalue weighted by molar-refractivity contribution is 5.91. The fraction of sp³-hybridized carbons (Fsp3) is 0.222. The Hall–Kier alpha value is -2.26. The van der Waals surface area contributed by atoms with Crippen LogP contribution in [-0.2, 0) is 4.74 Å². The molecule has 0 heterocycles. The Kier molecular flexibility index (Phi) is 3.67. The van der Waals surface area contributed by atoms with E-state index < -0.39 is 6.10 Å². The summed E-state index contributed by atoms with van der Waals surface area (Å²) in [5, 5.41) is 10.5. The van der Waals surface area contributed by atoms with Crippen molar-refractivity contribution in [3.05, 3.63) is 65.2 Å². The number of aliphatic hydroxyl groups is 1. The van der Waals surface area contributed by atoms with Crippen molar-refractivity contribution in [1.82, 2.24) is 0 Å². The molecule has 2 aromatic carbocycles. The smallest absolute Gasteiger partial charge is 0.130 e. The first-order valence-electron chi connectivity index (χ1n) is 6.94. The van der Waals surface area contributed by atoms with Gasteiger partial charge >= 0.3 is 0 Å². The van der Waals surface area contributed by atoms with E-state index in [1.54, 1.807) is 14.2 Å². The molecule has 21 heavy (non-hydrogen) atoms. The van der Waals surface area contributed by atoms with Crippen LogP contribution in [0.5, 0.6) is 5.75 Å². The van der Waals surface area contributed by atoms with Crippen LogP contribution in [0.15, 0.2) is 48.5 Å². The third-order valence-corrected chi connectivity index (χ3v) is 3.86. The summed E-state index contributed by atoms with van der Waals surface area (Å²) in [6.07, 6.45) is -0.0779. The molecule has 3 nitrogen and oxygen atoms in total. The summed E-state index contributed by atoms with van der Waals surface area (Å²) < 4.78 is 11.0. The molecule has 0 bridgehead atoms. The van der Waals surface area contributed by atoms with Crippen LogP contribution in [0.25, 0.3) is 11.3 Å². The van der Waals surface area contributed by atoms with Crippen molar-refractivity contribution in [3.63, 3.8) is 0 Å². The number of rotatable bonds is 3. The Morgan fingerprint density at radius 1 is 0.952 bits per heavy atom. The average molecular weight is 282 g/mol. The van der Waals surface area contributed by atoms with Crippen molar-refractivity contribution in [2.24, 2.45) is 0 Å². The van der Waals surface area contributed by atoms with E-state index in [9.17, 15) is 5.11 Å². The molecule has 1 unspecified atom stereocenters. The largest absolute Gasteiger partial charge is 0.496 e. The molecule has 0 spiro atoms. The number of methoxy groups -OCH3 is 2. The Labute approximate surface area is 124 Å². The monoisotopic (exact) mass is 282 g/mol. The minimum absolute atomic E-state index is 0.514. The van der Waals surface area contributed by atoms with Gasteiger partial charge in [0.05, 0.1) is 20.3 Å². The third-order valence-electron chi connectivity index (χ3n) is 3.86. The van der Waals surface area contributed by atoms with Gasteiger partial charge in [0, 0.05) is 23.1 Å². The summed E-state index contributed by atoms with van der Waals surface area (Å²) in [6, 6.07) is 15.8. The maximum atomic E-state index is 10.5. The zero-order valence-corrected chi connectivity index (χ0v) is 12.2. The number of fused-ring (bicyclic) bond motifs is 1. The molecule has 108 valence electrons. The first kappa shape index (κ1) is 13.7. The van der Waals surface area contributed by atoms with Gasteiger partial charge in [0.25, 0.3) is 0 Å². The molecule has 3 rings (SSSR count). The van der Waals surface area contributed by atoms with Gasteiger partial charge in [-0.15, -0.1) is 0 Å². The Morgan fingerprint density at radius 2 is 1.71 bits per heavy atom. The summed E-state index contributed by atoms with van der Waals surface area (Å²) in [6.45, 7) is 0. The zero-order valence-electron chi connectivity index (χ0n) is 12.2. The summed E-state index contributed by atoms with van der Waals surface area (Å²) in [7, 11) is 3.28. The molecule has 0 saturated carbocycles. The molecular weight excluding hydrogens is 264 g/mol. The third kappa shape index (κ3) is 2.30. The SMILES string of the molecule is COC1=C(c2ccccc2)CC(O)c2c(OC)cccc21. The number of ether oxygens (including phenoxy) is 2. The molecule has 1 aliphatic rings. The fourth-order valence-electron chi connectivity index (χ4n) is 2.94. The lowest BCUT2D eigenvalue weighted by atomic mass is 9.84. The van der Waals surface area contributed by atoms with Gasteiger partial charge in [0.15, 0.2) is 0 Å². The molecule has 1 atom stereocenters. The van der Waals surface area contributed by atoms with Crippen LogP contribution in [0.2, 0.25) is 0 Å². The van der Waals surface area contributed by atoms with Gasteiger partial charge in [-0.3, -0.25) is 0 Å². The van der Waals surface area contributed by atoms with E-state index in [0.29, 0.717) is 12.2 Å². The lowest BCUT2D eigenvalue weighted by Gasteiger charge is -2.27. The van der Waals surface area contributed by atoms with Crippen LogP contribution in [0, 0.1) is 0 Å². The van der Waals surface area contributed by atoms with Gasteiger partial charge in [-0.2, -0.15) is 0 Å². The van der Waals surface area contributed by atoms with Crippen molar-refractivity contribution in [2.45, 2.75) is 12.5 Å². The molecule has 1 N–H and O–H groups in total. The van der Waals surface area contributed by atoms with Crippen LogP contribution in [0.1, 0.15) is 29.2 Å². The van der Waals surface area contributed by atoms with Crippen molar-refractivity contribution >= 4 is 11.3 Å². The average Bonchev–Trinajstić information content (AvgIpc) is 2.55.